The van der Waals surface area contributed by atoms with Gasteiger partial charge < -0.3 is 14.6 Å². The van der Waals surface area contributed by atoms with Crippen LogP contribution >= 0.6 is 15.9 Å². The maximum atomic E-state index is 12.0. The summed E-state index contributed by atoms with van der Waals surface area (Å²) in [6.07, 6.45) is 0.989. The highest BCUT2D eigenvalue weighted by Gasteiger charge is 2.55. The van der Waals surface area contributed by atoms with Gasteiger partial charge in [0.1, 0.15) is 0 Å². The fourth-order valence-corrected chi connectivity index (χ4v) is 4.56. The van der Waals surface area contributed by atoms with Gasteiger partial charge in [0, 0.05) is 31.6 Å². The lowest BCUT2D eigenvalue weighted by molar-refractivity contribution is -0.0768. The molecule has 132 valence electrons. The summed E-state index contributed by atoms with van der Waals surface area (Å²) < 4.78 is 4.53. The van der Waals surface area contributed by atoms with Crippen molar-refractivity contribution in [2.75, 3.05) is 13.1 Å². The van der Waals surface area contributed by atoms with Crippen molar-refractivity contribution in [3.8, 4) is 11.4 Å². The summed E-state index contributed by atoms with van der Waals surface area (Å²) in [6, 6.07) is 5.45. The van der Waals surface area contributed by atoms with Gasteiger partial charge in [-0.15, -0.1) is 0 Å². The van der Waals surface area contributed by atoms with Crippen molar-refractivity contribution in [2.45, 2.75) is 25.8 Å². The maximum Gasteiger partial charge on any atom is 0.407 e. The predicted molar refractivity (Wildman–Crippen MR) is 95.6 cm³/mol. The van der Waals surface area contributed by atoms with E-state index in [0.29, 0.717) is 13.1 Å². The van der Waals surface area contributed by atoms with Gasteiger partial charge in [-0.3, -0.25) is 9.48 Å². The molecule has 2 fully saturated rings. The molecule has 1 aliphatic heterocycles. The lowest BCUT2D eigenvalue weighted by Crippen LogP contribution is -2.63. The second-order valence-corrected chi connectivity index (χ2v) is 7.99. The number of pyridine rings is 1. The Morgan fingerprint density at radius 1 is 1.36 bits per heavy atom. The fraction of sp³-hybridized carbons (Fsp3) is 0.471. The van der Waals surface area contributed by atoms with Gasteiger partial charge in [-0.05, 0) is 41.8 Å². The third-order valence-electron chi connectivity index (χ3n) is 5.45. The molecular weight excluding hydrogens is 388 g/mol. The summed E-state index contributed by atoms with van der Waals surface area (Å²) in [6.45, 7) is 3.16. The van der Waals surface area contributed by atoms with Gasteiger partial charge in [-0.1, -0.05) is 6.07 Å². The Balaban J connectivity index is 1.65. The molecule has 25 heavy (non-hydrogen) atoms. The Bertz CT molecular complexity index is 918. The Morgan fingerprint density at radius 3 is 2.68 bits per heavy atom. The number of carboxylic acid groups (broad SMARTS) is 1. The first-order valence-electron chi connectivity index (χ1n) is 8.20. The molecule has 1 N–H and O–H groups in total. The zero-order valence-corrected chi connectivity index (χ0v) is 15.7. The highest BCUT2D eigenvalue weighted by molar-refractivity contribution is 9.10. The summed E-state index contributed by atoms with van der Waals surface area (Å²) >= 11 is 3.62. The van der Waals surface area contributed by atoms with Crippen LogP contribution in [0.2, 0.25) is 0 Å². The lowest BCUT2D eigenvalue weighted by atomic mass is 9.61. The minimum atomic E-state index is -0.841. The number of hydrogen-bond acceptors (Lipinski definition) is 3. The van der Waals surface area contributed by atoms with Gasteiger partial charge in [0.25, 0.3) is 5.56 Å². The number of aryl methyl sites for hydroxylation is 1. The van der Waals surface area contributed by atoms with E-state index in [2.05, 4.69) is 21.0 Å². The minimum absolute atomic E-state index is 0.0593. The van der Waals surface area contributed by atoms with Gasteiger partial charge in [0.2, 0.25) is 0 Å². The van der Waals surface area contributed by atoms with Crippen LogP contribution < -0.4 is 5.56 Å². The normalized spacial score (nSPS) is 18.9. The smallest absolute Gasteiger partial charge is 0.407 e. The monoisotopic (exact) mass is 406 g/mol. The number of amides is 1. The molecule has 4 rings (SSSR count). The van der Waals surface area contributed by atoms with E-state index >= 15 is 0 Å². The van der Waals surface area contributed by atoms with E-state index in [0.717, 1.165) is 34.4 Å². The summed E-state index contributed by atoms with van der Waals surface area (Å²) in [5, 5.41) is 13.7. The lowest BCUT2D eigenvalue weighted by Gasteiger charge is -2.58. The number of halogens is 1. The summed E-state index contributed by atoms with van der Waals surface area (Å²) in [5.74, 6) is 0. The van der Waals surface area contributed by atoms with Crippen LogP contribution in [0.4, 0.5) is 4.79 Å². The third kappa shape index (κ3) is 2.42. The van der Waals surface area contributed by atoms with Crippen LogP contribution in [0.1, 0.15) is 24.6 Å². The van der Waals surface area contributed by atoms with E-state index in [1.807, 2.05) is 17.7 Å². The van der Waals surface area contributed by atoms with Gasteiger partial charge in [0.15, 0.2) is 0 Å². The Hall–Kier alpha value is -2.09. The molecule has 0 radical (unpaired) electrons. The van der Waals surface area contributed by atoms with Crippen molar-refractivity contribution < 1.29 is 9.90 Å². The molecule has 0 bridgehead atoms. The molecule has 0 atom stereocenters. The van der Waals surface area contributed by atoms with Crippen molar-refractivity contribution in [1.29, 1.82) is 0 Å². The summed E-state index contributed by atoms with van der Waals surface area (Å²) in [5.41, 5.74) is 2.66. The first-order valence-corrected chi connectivity index (χ1v) is 8.99. The van der Waals surface area contributed by atoms with Crippen molar-refractivity contribution in [3.05, 3.63) is 38.7 Å². The number of nitrogens with zero attached hydrogens (tertiary/aromatic N) is 4. The van der Waals surface area contributed by atoms with Crippen LogP contribution in [0.15, 0.2) is 27.5 Å². The molecule has 0 unspecified atom stereocenters. The number of likely N-dealkylation sites (tertiary alicyclic amines) is 1. The zero-order valence-electron chi connectivity index (χ0n) is 14.1. The summed E-state index contributed by atoms with van der Waals surface area (Å²) in [7, 11) is 1.76. The molecule has 2 aliphatic rings. The second kappa shape index (κ2) is 5.45. The van der Waals surface area contributed by atoms with Gasteiger partial charge in [-0.25, -0.2) is 4.79 Å². The van der Waals surface area contributed by atoms with E-state index < -0.39 is 6.09 Å². The maximum absolute atomic E-state index is 12.0. The molecule has 3 heterocycles. The van der Waals surface area contributed by atoms with Crippen LogP contribution in [-0.2, 0) is 7.05 Å². The van der Waals surface area contributed by atoms with Crippen molar-refractivity contribution in [1.82, 2.24) is 19.2 Å². The Labute approximate surface area is 153 Å². The van der Waals surface area contributed by atoms with E-state index in [4.69, 9.17) is 5.11 Å². The van der Waals surface area contributed by atoms with E-state index in [9.17, 15) is 9.59 Å². The van der Waals surface area contributed by atoms with Crippen LogP contribution in [0.3, 0.4) is 0 Å². The minimum Gasteiger partial charge on any atom is -0.465 e. The Kier molecular flexibility index (Phi) is 3.57. The molecule has 1 saturated heterocycles. The van der Waals surface area contributed by atoms with Crippen LogP contribution in [0.25, 0.3) is 11.4 Å². The molecular formula is C17H19BrN4O3. The second-order valence-electron chi connectivity index (χ2n) is 7.20. The van der Waals surface area contributed by atoms with Crippen LogP contribution in [0, 0.1) is 12.3 Å². The van der Waals surface area contributed by atoms with Gasteiger partial charge in [0.05, 0.1) is 27.6 Å². The SMILES string of the molecule is Cc1nn(C2CC3(C2)CN(C(=O)O)C3)c(-c2cccc(=O)n2C)c1Br. The Morgan fingerprint density at radius 2 is 2.04 bits per heavy atom. The molecule has 7 nitrogen and oxygen atoms in total. The summed E-state index contributed by atoms with van der Waals surface area (Å²) in [4.78, 5) is 24.5. The van der Waals surface area contributed by atoms with Crippen molar-refractivity contribution >= 4 is 22.0 Å². The zero-order chi connectivity index (χ0) is 17.9. The molecule has 1 aliphatic carbocycles. The van der Waals surface area contributed by atoms with Gasteiger partial charge >= 0.3 is 6.09 Å². The van der Waals surface area contributed by atoms with Crippen LogP contribution in [-0.4, -0.2) is 43.5 Å². The van der Waals surface area contributed by atoms with Crippen molar-refractivity contribution in [3.63, 3.8) is 0 Å². The molecule has 1 amide bonds. The standard InChI is InChI=1S/C17H19BrN4O3/c1-10-14(18)15(12-4-3-5-13(23)20(12)2)22(19-10)11-6-17(7-11)8-21(9-17)16(24)25/h3-5,11H,6-9H2,1-2H3,(H,24,25). The quantitative estimate of drug-likeness (QED) is 0.830. The highest BCUT2D eigenvalue weighted by Crippen LogP contribution is 2.55. The van der Waals surface area contributed by atoms with Crippen LogP contribution in [0.5, 0.6) is 0 Å². The van der Waals surface area contributed by atoms with Crippen molar-refractivity contribution in [2.24, 2.45) is 12.5 Å². The molecule has 8 heteroatoms. The third-order valence-corrected chi connectivity index (χ3v) is 6.40. The number of aromatic nitrogens is 3. The topological polar surface area (TPSA) is 80.4 Å². The average molecular weight is 407 g/mol. The fourth-order valence-electron chi connectivity index (χ4n) is 4.09. The molecule has 2 aromatic rings. The van der Waals surface area contributed by atoms with E-state index in [1.165, 1.54) is 11.0 Å². The van der Waals surface area contributed by atoms with E-state index in [-0.39, 0.29) is 17.0 Å². The first kappa shape index (κ1) is 16.4. The largest absolute Gasteiger partial charge is 0.465 e. The predicted octanol–water partition coefficient (Wildman–Crippen LogP) is 2.63. The molecule has 0 aromatic carbocycles. The molecule has 1 spiro atoms. The number of carbonyl (C=O) groups is 1. The number of rotatable bonds is 2. The van der Waals surface area contributed by atoms with E-state index in [1.54, 1.807) is 17.7 Å². The first-order chi connectivity index (χ1) is 11.8. The van der Waals surface area contributed by atoms with Gasteiger partial charge in [-0.2, -0.15) is 5.10 Å². The number of hydrogen-bond donors (Lipinski definition) is 1. The average Bonchev–Trinajstić information content (AvgIpc) is 2.75. The molecule has 2 aromatic heterocycles. The molecule has 1 saturated carbocycles. The highest BCUT2D eigenvalue weighted by atomic mass is 79.9.